The maximum atomic E-state index is 12.9. The number of fused-ring (bicyclic) bond motifs is 1. The number of carbonyl (C=O) groups excluding carboxylic acids is 4. The van der Waals surface area contributed by atoms with E-state index < -0.39 is 29.8 Å². The Morgan fingerprint density at radius 3 is 2.30 bits per heavy atom. The molecule has 152 valence electrons. The van der Waals surface area contributed by atoms with E-state index in [4.69, 9.17) is 0 Å². The van der Waals surface area contributed by atoms with E-state index in [-0.39, 0.29) is 12.3 Å². The van der Waals surface area contributed by atoms with Crippen LogP contribution in [-0.4, -0.2) is 47.1 Å². The number of anilines is 2. The number of Topliss-reactive ketones (excluding diaryl/α,β-unsaturated/α-hetero) is 1. The van der Waals surface area contributed by atoms with Gasteiger partial charge in [0.2, 0.25) is 5.91 Å². The summed E-state index contributed by atoms with van der Waals surface area (Å²) in [6.07, 6.45) is 0. The van der Waals surface area contributed by atoms with Crippen LogP contribution in [0.5, 0.6) is 0 Å². The molecule has 1 N–H and O–H groups in total. The first-order chi connectivity index (χ1) is 14.3. The van der Waals surface area contributed by atoms with Gasteiger partial charge >= 0.3 is 0 Å². The third-order valence-corrected chi connectivity index (χ3v) is 5.03. The van der Waals surface area contributed by atoms with E-state index in [1.54, 1.807) is 36.4 Å². The van der Waals surface area contributed by atoms with E-state index in [0.717, 1.165) is 10.5 Å². The minimum absolute atomic E-state index is 0.0704. The van der Waals surface area contributed by atoms with Gasteiger partial charge in [-0.3, -0.25) is 24.2 Å². The zero-order valence-electron chi connectivity index (χ0n) is 16.4. The fourth-order valence-electron chi connectivity index (χ4n) is 3.44. The fourth-order valence-corrected chi connectivity index (χ4v) is 3.44. The van der Waals surface area contributed by atoms with Crippen molar-refractivity contribution in [3.05, 3.63) is 59.7 Å². The lowest BCUT2D eigenvalue weighted by atomic mass is 10.1. The molecule has 0 spiro atoms. The zero-order chi connectivity index (χ0) is 21.4. The first-order valence-corrected chi connectivity index (χ1v) is 9.38. The van der Waals surface area contributed by atoms with Crippen LogP contribution in [0.4, 0.5) is 11.4 Å². The second-order valence-corrected chi connectivity index (χ2v) is 7.22. The normalized spacial score (nSPS) is 19.9. The van der Waals surface area contributed by atoms with Crippen molar-refractivity contribution in [2.24, 2.45) is 10.3 Å². The van der Waals surface area contributed by atoms with Crippen molar-refractivity contribution in [3.63, 3.8) is 0 Å². The van der Waals surface area contributed by atoms with Crippen molar-refractivity contribution in [3.8, 4) is 0 Å². The molecule has 0 radical (unpaired) electrons. The summed E-state index contributed by atoms with van der Waals surface area (Å²) in [5.41, 5.74) is 2.52. The molecule has 0 bridgehead atoms. The molecule has 9 heteroatoms. The highest BCUT2D eigenvalue weighted by Gasteiger charge is 2.55. The summed E-state index contributed by atoms with van der Waals surface area (Å²) < 4.78 is 0. The van der Waals surface area contributed by atoms with Gasteiger partial charge in [0.05, 0.1) is 5.69 Å². The first-order valence-electron chi connectivity index (χ1n) is 9.38. The van der Waals surface area contributed by atoms with Crippen LogP contribution in [0.25, 0.3) is 0 Å². The molecule has 1 fully saturated rings. The van der Waals surface area contributed by atoms with Crippen molar-refractivity contribution in [2.45, 2.75) is 25.9 Å². The molecule has 4 rings (SSSR count). The Morgan fingerprint density at radius 2 is 1.67 bits per heavy atom. The van der Waals surface area contributed by atoms with Gasteiger partial charge in [0.1, 0.15) is 6.54 Å². The molecule has 2 atom stereocenters. The van der Waals surface area contributed by atoms with Gasteiger partial charge in [-0.25, -0.2) is 4.90 Å². The summed E-state index contributed by atoms with van der Waals surface area (Å²) in [7, 11) is 0. The van der Waals surface area contributed by atoms with E-state index in [1.807, 2.05) is 19.1 Å². The number of nitrogens with one attached hydrogen (secondary N) is 1. The van der Waals surface area contributed by atoms with Gasteiger partial charge < -0.3 is 5.32 Å². The number of benzene rings is 2. The summed E-state index contributed by atoms with van der Waals surface area (Å²) in [6.45, 7) is 3.14. The van der Waals surface area contributed by atoms with Gasteiger partial charge in [0.15, 0.2) is 17.9 Å². The number of rotatable bonds is 5. The van der Waals surface area contributed by atoms with Crippen LogP contribution < -0.4 is 10.2 Å². The molecule has 0 aromatic heterocycles. The van der Waals surface area contributed by atoms with Crippen molar-refractivity contribution in [1.82, 2.24) is 5.01 Å². The van der Waals surface area contributed by atoms with Crippen molar-refractivity contribution >= 4 is 34.9 Å². The van der Waals surface area contributed by atoms with Crippen LogP contribution in [0.15, 0.2) is 58.9 Å². The number of amides is 3. The van der Waals surface area contributed by atoms with Gasteiger partial charge in [-0.05, 0) is 50.2 Å². The summed E-state index contributed by atoms with van der Waals surface area (Å²) >= 11 is 0. The lowest BCUT2D eigenvalue weighted by Crippen LogP contribution is -2.43. The highest BCUT2D eigenvalue weighted by atomic mass is 16.2. The Kier molecular flexibility index (Phi) is 4.86. The molecule has 2 heterocycles. The molecule has 0 aliphatic carbocycles. The van der Waals surface area contributed by atoms with Gasteiger partial charge in [0.25, 0.3) is 11.8 Å². The van der Waals surface area contributed by atoms with Crippen LogP contribution in [0, 0.1) is 6.92 Å². The number of carbonyl (C=O) groups is 4. The van der Waals surface area contributed by atoms with Crippen molar-refractivity contribution in [2.75, 3.05) is 16.8 Å². The number of imide groups is 1. The Bertz CT molecular complexity index is 1060. The fraction of sp³-hybridized carbons (Fsp3) is 0.238. The molecule has 3 amide bonds. The van der Waals surface area contributed by atoms with Gasteiger partial charge in [0, 0.05) is 11.3 Å². The van der Waals surface area contributed by atoms with E-state index in [9.17, 15) is 19.2 Å². The van der Waals surface area contributed by atoms with E-state index in [2.05, 4.69) is 15.7 Å². The topological polar surface area (TPSA) is 112 Å². The number of hydrogen-bond acceptors (Lipinski definition) is 7. The standard InChI is InChI=1S/C21H19N5O4/c1-12-3-9-16(10-4-12)26-20(29)18-19(21(26)30)25(24-23-18)11-17(28)22-15-7-5-14(6-8-15)13(2)27/h3-10,18-19H,11H2,1-2H3,(H,22,28)/t18-,19+/m1/s1. The third kappa shape index (κ3) is 3.45. The van der Waals surface area contributed by atoms with E-state index >= 15 is 0 Å². The number of nitrogens with zero attached hydrogens (tertiary/aromatic N) is 4. The summed E-state index contributed by atoms with van der Waals surface area (Å²) in [6, 6.07) is 11.6. The summed E-state index contributed by atoms with van der Waals surface area (Å²) in [5, 5.41) is 11.7. The Labute approximate surface area is 172 Å². The average molecular weight is 405 g/mol. The van der Waals surface area contributed by atoms with Crippen LogP contribution in [0.3, 0.4) is 0 Å². The Balaban J connectivity index is 1.45. The average Bonchev–Trinajstić information content (AvgIpc) is 3.23. The number of aryl methyl sites for hydroxylation is 1. The predicted molar refractivity (Wildman–Crippen MR) is 108 cm³/mol. The molecular formula is C21H19N5O4. The monoisotopic (exact) mass is 405 g/mol. The second kappa shape index (κ2) is 7.51. The highest BCUT2D eigenvalue weighted by molar-refractivity contribution is 6.25. The number of ketones is 1. The minimum Gasteiger partial charge on any atom is -0.324 e. The van der Waals surface area contributed by atoms with Gasteiger partial charge in [-0.15, -0.1) is 0 Å². The zero-order valence-corrected chi connectivity index (χ0v) is 16.4. The maximum Gasteiger partial charge on any atom is 0.263 e. The smallest absolute Gasteiger partial charge is 0.263 e. The number of hydrogen-bond donors (Lipinski definition) is 1. The van der Waals surface area contributed by atoms with Crippen LogP contribution in [-0.2, 0) is 14.4 Å². The molecule has 2 aromatic rings. The lowest BCUT2D eigenvalue weighted by Gasteiger charge is -2.20. The van der Waals surface area contributed by atoms with E-state index in [1.165, 1.54) is 11.9 Å². The quantitative estimate of drug-likeness (QED) is 0.605. The molecule has 2 aromatic carbocycles. The molecule has 2 aliphatic rings. The third-order valence-electron chi connectivity index (χ3n) is 5.03. The SMILES string of the molecule is CC(=O)c1ccc(NC(=O)CN2N=N[C@H]3C(=O)N(c4ccc(C)cc4)C(=O)[C@H]32)cc1. The molecule has 9 nitrogen and oxygen atoms in total. The Morgan fingerprint density at radius 1 is 1.00 bits per heavy atom. The van der Waals surface area contributed by atoms with Gasteiger partial charge in [-0.1, -0.05) is 22.9 Å². The van der Waals surface area contributed by atoms with E-state index in [0.29, 0.717) is 16.9 Å². The molecule has 2 aliphatic heterocycles. The first kappa shape index (κ1) is 19.4. The lowest BCUT2D eigenvalue weighted by molar-refractivity contribution is -0.123. The maximum absolute atomic E-state index is 12.9. The molecule has 1 saturated heterocycles. The summed E-state index contributed by atoms with van der Waals surface area (Å²) in [5.74, 6) is -1.41. The molecule has 0 unspecified atom stereocenters. The molecular weight excluding hydrogens is 386 g/mol. The molecule has 0 saturated carbocycles. The minimum atomic E-state index is -0.957. The summed E-state index contributed by atoms with van der Waals surface area (Å²) in [4.78, 5) is 50.5. The predicted octanol–water partition coefficient (Wildman–Crippen LogP) is 2.13. The van der Waals surface area contributed by atoms with Crippen LogP contribution in [0.2, 0.25) is 0 Å². The highest BCUT2D eigenvalue weighted by Crippen LogP contribution is 2.31. The van der Waals surface area contributed by atoms with Crippen LogP contribution in [0.1, 0.15) is 22.8 Å². The second-order valence-electron chi connectivity index (χ2n) is 7.22. The van der Waals surface area contributed by atoms with Gasteiger partial charge in [-0.2, -0.15) is 5.11 Å². The largest absolute Gasteiger partial charge is 0.324 e. The van der Waals surface area contributed by atoms with Crippen molar-refractivity contribution < 1.29 is 19.2 Å². The Hall–Kier alpha value is -3.88. The molecule has 30 heavy (non-hydrogen) atoms. The van der Waals surface area contributed by atoms with Crippen molar-refractivity contribution in [1.29, 1.82) is 0 Å². The van der Waals surface area contributed by atoms with Crippen LogP contribution >= 0.6 is 0 Å².